The van der Waals surface area contributed by atoms with Gasteiger partial charge >= 0.3 is 0 Å². The summed E-state index contributed by atoms with van der Waals surface area (Å²) in [5.74, 6) is 0.966. The van der Waals surface area contributed by atoms with Gasteiger partial charge in [0.05, 0.1) is 0 Å². The smallest absolute Gasteiger partial charge is 0.0295 e. The van der Waals surface area contributed by atoms with Crippen LogP contribution >= 0.6 is 0 Å². The fourth-order valence-corrected chi connectivity index (χ4v) is 3.06. The average molecular weight is 246 g/mol. The van der Waals surface area contributed by atoms with Gasteiger partial charge in [-0.15, -0.1) is 0 Å². The van der Waals surface area contributed by atoms with Crippen molar-refractivity contribution in [2.24, 2.45) is 5.92 Å². The van der Waals surface area contributed by atoms with Crippen LogP contribution in [0.5, 0.6) is 0 Å². The minimum atomic E-state index is 0.441. The van der Waals surface area contributed by atoms with Crippen molar-refractivity contribution >= 4 is 0 Å². The largest absolute Gasteiger partial charge is 0.307 e. The van der Waals surface area contributed by atoms with Gasteiger partial charge in [0.25, 0.3) is 0 Å². The Hall–Kier alpha value is -0.890. The molecule has 0 amide bonds. The van der Waals surface area contributed by atoms with Crippen molar-refractivity contribution in [2.75, 3.05) is 0 Å². The summed E-state index contributed by atoms with van der Waals surface area (Å²) in [6.45, 7) is 4.59. The molecule has 100 valence electrons. The highest BCUT2D eigenvalue weighted by atomic mass is 14.9. The molecule has 1 aliphatic rings. The van der Waals surface area contributed by atoms with Gasteiger partial charge in [-0.05, 0) is 49.8 Å². The molecule has 1 N–H and O–H groups in total. The number of hydrogen-bond donors (Lipinski definition) is 1. The van der Waals surface area contributed by atoms with Crippen LogP contribution < -0.4 is 5.32 Å². The van der Waals surface area contributed by atoms with Crippen LogP contribution in [0.1, 0.15) is 64.0 Å². The molecular formula is C16H26N2. The topological polar surface area (TPSA) is 24.9 Å². The quantitative estimate of drug-likeness (QED) is 0.809. The molecule has 0 aliphatic heterocycles. The first-order valence-corrected chi connectivity index (χ1v) is 7.45. The zero-order valence-corrected chi connectivity index (χ0v) is 11.7. The first-order valence-electron chi connectivity index (χ1n) is 7.45. The van der Waals surface area contributed by atoms with E-state index in [9.17, 15) is 0 Å². The predicted molar refractivity (Wildman–Crippen MR) is 76.4 cm³/mol. The number of rotatable bonds is 4. The maximum atomic E-state index is 4.08. The van der Waals surface area contributed by atoms with Crippen LogP contribution in [-0.2, 0) is 0 Å². The van der Waals surface area contributed by atoms with Gasteiger partial charge in [0.1, 0.15) is 0 Å². The van der Waals surface area contributed by atoms with Crippen molar-refractivity contribution in [3.8, 4) is 0 Å². The number of nitrogens with one attached hydrogen (secondary N) is 1. The molecule has 0 aromatic carbocycles. The van der Waals surface area contributed by atoms with Gasteiger partial charge in [-0.25, -0.2) is 0 Å². The van der Waals surface area contributed by atoms with Crippen LogP contribution in [0.25, 0.3) is 0 Å². The molecule has 3 atom stereocenters. The summed E-state index contributed by atoms with van der Waals surface area (Å²) in [5, 5.41) is 3.79. The van der Waals surface area contributed by atoms with Crippen molar-refractivity contribution in [2.45, 2.75) is 64.5 Å². The molecule has 2 nitrogen and oxygen atoms in total. The normalized spacial score (nSPS) is 26.6. The van der Waals surface area contributed by atoms with Crippen LogP contribution in [0.4, 0.5) is 0 Å². The highest BCUT2D eigenvalue weighted by molar-refractivity contribution is 5.14. The van der Waals surface area contributed by atoms with E-state index in [1.165, 1.54) is 44.1 Å². The number of aromatic nitrogens is 1. The molecule has 1 aromatic heterocycles. The van der Waals surface area contributed by atoms with Crippen molar-refractivity contribution in [1.29, 1.82) is 0 Å². The van der Waals surface area contributed by atoms with Crippen LogP contribution in [-0.4, -0.2) is 11.0 Å². The number of hydrogen-bond acceptors (Lipinski definition) is 2. The SMILES string of the molecule is CCC1CCCC(NC(C)c2ccncc2)CC1. The van der Waals surface area contributed by atoms with E-state index in [1.54, 1.807) is 0 Å². The summed E-state index contributed by atoms with van der Waals surface area (Å²) < 4.78 is 0. The highest BCUT2D eigenvalue weighted by Gasteiger charge is 2.19. The third-order valence-corrected chi connectivity index (χ3v) is 4.36. The Bertz CT molecular complexity index is 336. The summed E-state index contributed by atoms with van der Waals surface area (Å²) in [6.07, 6.45) is 12.0. The van der Waals surface area contributed by atoms with Crippen LogP contribution in [0.3, 0.4) is 0 Å². The van der Waals surface area contributed by atoms with E-state index in [-0.39, 0.29) is 0 Å². The minimum Gasteiger partial charge on any atom is -0.307 e. The molecule has 1 saturated carbocycles. The molecule has 0 spiro atoms. The maximum Gasteiger partial charge on any atom is 0.0295 e. The molecule has 0 bridgehead atoms. The molecule has 2 heteroatoms. The Kier molecular flexibility index (Phi) is 5.18. The first kappa shape index (κ1) is 13.5. The van der Waals surface area contributed by atoms with Gasteiger partial charge in [0.15, 0.2) is 0 Å². The molecule has 1 fully saturated rings. The van der Waals surface area contributed by atoms with Gasteiger partial charge in [-0.1, -0.05) is 26.2 Å². The summed E-state index contributed by atoms with van der Waals surface area (Å²) in [6, 6.07) is 5.37. The summed E-state index contributed by atoms with van der Waals surface area (Å²) >= 11 is 0. The van der Waals surface area contributed by atoms with Crippen molar-refractivity contribution in [3.63, 3.8) is 0 Å². The summed E-state index contributed by atoms with van der Waals surface area (Å²) in [5.41, 5.74) is 1.35. The second kappa shape index (κ2) is 6.89. The highest BCUT2D eigenvalue weighted by Crippen LogP contribution is 2.26. The fourth-order valence-electron chi connectivity index (χ4n) is 3.06. The zero-order valence-electron chi connectivity index (χ0n) is 11.7. The van der Waals surface area contributed by atoms with E-state index in [0.29, 0.717) is 12.1 Å². The second-order valence-corrected chi connectivity index (χ2v) is 5.65. The van der Waals surface area contributed by atoms with Crippen LogP contribution in [0.2, 0.25) is 0 Å². The Morgan fingerprint density at radius 2 is 2.00 bits per heavy atom. The number of nitrogens with zero attached hydrogens (tertiary/aromatic N) is 1. The monoisotopic (exact) mass is 246 g/mol. The number of pyridine rings is 1. The second-order valence-electron chi connectivity index (χ2n) is 5.65. The predicted octanol–water partition coefficient (Wildman–Crippen LogP) is 4.09. The molecule has 2 rings (SSSR count). The molecule has 3 unspecified atom stereocenters. The summed E-state index contributed by atoms with van der Waals surface area (Å²) in [7, 11) is 0. The zero-order chi connectivity index (χ0) is 12.8. The van der Waals surface area contributed by atoms with Gasteiger partial charge in [0, 0.05) is 24.5 Å². The third-order valence-electron chi connectivity index (χ3n) is 4.36. The Balaban J connectivity index is 1.86. The van der Waals surface area contributed by atoms with Crippen LogP contribution in [0, 0.1) is 5.92 Å². The molecule has 18 heavy (non-hydrogen) atoms. The first-order chi connectivity index (χ1) is 8.79. The Labute approximate surface area is 111 Å². The van der Waals surface area contributed by atoms with Gasteiger partial charge < -0.3 is 5.32 Å². The van der Waals surface area contributed by atoms with Gasteiger partial charge in [0.2, 0.25) is 0 Å². The molecular weight excluding hydrogens is 220 g/mol. The lowest BCUT2D eigenvalue weighted by molar-refractivity contribution is 0.400. The van der Waals surface area contributed by atoms with E-state index in [0.717, 1.165) is 5.92 Å². The molecule has 0 saturated heterocycles. The van der Waals surface area contributed by atoms with Crippen LogP contribution in [0.15, 0.2) is 24.5 Å². The van der Waals surface area contributed by atoms with Gasteiger partial charge in [-0.3, -0.25) is 4.98 Å². The average Bonchev–Trinajstić information content (AvgIpc) is 2.65. The lowest BCUT2D eigenvalue weighted by Crippen LogP contribution is -2.31. The Morgan fingerprint density at radius 3 is 2.72 bits per heavy atom. The maximum absolute atomic E-state index is 4.08. The molecule has 0 radical (unpaired) electrons. The Morgan fingerprint density at radius 1 is 1.22 bits per heavy atom. The van der Waals surface area contributed by atoms with Crippen molar-refractivity contribution in [3.05, 3.63) is 30.1 Å². The molecule has 1 aromatic rings. The lowest BCUT2D eigenvalue weighted by atomic mass is 9.97. The van der Waals surface area contributed by atoms with E-state index >= 15 is 0 Å². The molecule has 1 heterocycles. The van der Waals surface area contributed by atoms with E-state index in [4.69, 9.17) is 0 Å². The fraction of sp³-hybridized carbons (Fsp3) is 0.688. The summed E-state index contributed by atoms with van der Waals surface area (Å²) in [4.78, 5) is 4.08. The van der Waals surface area contributed by atoms with Crippen molar-refractivity contribution < 1.29 is 0 Å². The third kappa shape index (κ3) is 3.81. The van der Waals surface area contributed by atoms with Crippen molar-refractivity contribution in [1.82, 2.24) is 10.3 Å². The van der Waals surface area contributed by atoms with E-state index in [2.05, 4.69) is 36.3 Å². The lowest BCUT2D eigenvalue weighted by Gasteiger charge is -2.22. The van der Waals surface area contributed by atoms with E-state index in [1.807, 2.05) is 12.4 Å². The molecule has 1 aliphatic carbocycles. The van der Waals surface area contributed by atoms with Gasteiger partial charge in [-0.2, -0.15) is 0 Å². The minimum absolute atomic E-state index is 0.441. The standard InChI is InChI=1S/C16H26N2/c1-3-14-5-4-6-16(8-7-14)18-13(2)15-9-11-17-12-10-15/h9-14,16,18H,3-8H2,1-2H3. The van der Waals surface area contributed by atoms with E-state index < -0.39 is 0 Å².